The van der Waals surface area contributed by atoms with Crippen LogP contribution in [0.5, 0.6) is 0 Å². The highest BCUT2D eigenvalue weighted by molar-refractivity contribution is 7.20. The highest BCUT2D eigenvalue weighted by Gasteiger charge is 2.11. The molecule has 3 rings (SSSR count). The molecule has 1 aromatic heterocycles. The number of aliphatic carboxylic acids is 2. The SMILES string of the molecule is CN(C)CCC=Cc1sc2ccccc2c1-c1ccccc1.O=C(O)C(=O)O. The van der Waals surface area contributed by atoms with Crippen molar-refractivity contribution in [2.45, 2.75) is 6.42 Å². The van der Waals surface area contributed by atoms with Crippen LogP contribution in [0, 0.1) is 0 Å². The van der Waals surface area contributed by atoms with Gasteiger partial charge < -0.3 is 15.1 Å². The summed E-state index contributed by atoms with van der Waals surface area (Å²) >= 11 is 1.88. The van der Waals surface area contributed by atoms with Crippen LogP contribution in [0.2, 0.25) is 0 Å². The zero-order valence-corrected chi connectivity index (χ0v) is 16.6. The molecule has 2 N–H and O–H groups in total. The molecular weight excluding hydrogens is 374 g/mol. The van der Waals surface area contributed by atoms with E-state index in [0.717, 1.165) is 13.0 Å². The number of thiophene rings is 1. The largest absolute Gasteiger partial charge is 0.473 e. The Bertz CT molecular complexity index is 949. The third-order valence-electron chi connectivity index (χ3n) is 3.88. The second-order valence-electron chi connectivity index (χ2n) is 6.31. The maximum absolute atomic E-state index is 9.10. The molecule has 28 heavy (non-hydrogen) atoms. The van der Waals surface area contributed by atoms with Crippen molar-refractivity contribution in [2.75, 3.05) is 20.6 Å². The molecule has 0 bridgehead atoms. The van der Waals surface area contributed by atoms with Crippen molar-refractivity contribution in [2.24, 2.45) is 0 Å². The number of fused-ring (bicyclic) bond motifs is 1. The van der Waals surface area contributed by atoms with Crippen molar-refractivity contribution in [3.8, 4) is 11.1 Å². The maximum atomic E-state index is 9.10. The topological polar surface area (TPSA) is 77.8 Å². The van der Waals surface area contributed by atoms with Gasteiger partial charge in [-0.2, -0.15) is 0 Å². The van der Waals surface area contributed by atoms with Crippen molar-refractivity contribution < 1.29 is 19.8 Å². The number of carboxylic acid groups (broad SMARTS) is 2. The van der Waals surface area contributed by atoms with Crippen LogP contribution in [0.1, 0.15) is 11.3 Å². The molecule has 0 fully saturated rings. The predicted octanol–water partition coefficient (Wildman–Crippen LogP) is 4.69. The van der Waals surface area contributed by atoms with Crippen molar-refractivity contribution in [1.29, 1.82) is 0 Å². The summed E-state index contributed by atoms with van der Waals surface area (Å²) < 4.78 is 1.36. The second-order valence-corrected chi connectivity index (χ2v) is 7.39. The quantitative estimate of drug-likeness (QED) is 0.611. The van der Waals surface area contributed by atoms with Crippen molar-refractivity contribution in [3.63, 3.8) is 0 Å². The minimum Gasteiger partial charge on any atom is -0.473 e. The molecule has 6 heteroatoms. The number of carboxylic acids is 2. The van der Waals surface area contributed by atoms with Gasteiger partial charge in [-0.25, -0.2) is 9.59 Å². The number of benzene rings is 2. The lowest BCUT2D eigenvalue weighted by molar-refractivity contribution is -0.159. The molecule has 0 aliphatic heterocycles. The van der Waals surface area contributed by atoms with E-state index in [2.05, 4.69) is 85.7 Å². The molecule has 0 radical (unpaired) electrons. The average molecular weight is 397 g/mol. The van der Waals surface area contributed by atoms with Crippen LogP contribution in [-0.2, 0) is 9.59 Å². The van der Waals surface area contributed by atoms with Gasteiger partial charge in [0.2, 0.25) is 0 Å². The average Bonchev–Trinajstić information content (AvgIpc) is 3.04. The van der Waals surface area contributed by atoms with E-state index in [9.17, 15) is 0 Å². The molecule has 0 atom stereocenters. The molecule has 0 amide bonds. The Morgan fingerprint density at radius 1 is 0.964 bits per heavy atom. The van der Waals surface area contributed by atoms with E-state index in [1.807, 2.05) is 11.3 Å². The first-order valence-corrected chi connectivity index (χ1v) is 9.56. The Morgan fingerprint density at radius 3 is 2.18 bits per heavy atom. The lowest BCUT2D eigenvalue weighted by Crippen LogP contribution is -2.11. The third kappa shape index (κ3) is 6.04. The molecule has 0 aliphatic carbocycles. The van der Waals surface area contributed by atoms with Crippen LogP contribution < -0.4 is 0 Å². The summed E-state index contributed by atoms with van der Waals surface area (Å²) in [5, 5.41) is 16.1. The van der Waals surface area contributed by atoms with Gasteiger partial charge in [0.15, 0.2) is 0 Å². The number of carbonyl (C=O) groups is 2. The molecule has 0 saturated heterocycles. The van der Waals surface area contributed by atoms with Gasteiger partial charge in [-0.15, -0.1) is 11.3 Å². The lowest BCUT2D eigenvalue weighted by Gasteiger charge is -2.06. The second kappa shape index (κ2) is 10.4. The monoisotopic (exact) mass is 397 g/mol. The first-order chi connectivity index (χ1) is 13.4. The number of nitrogens with zero attached hydrogens (tertiary/aromatic N) is 1. The summed E-state index contributed by atoms with van der Waals surface area (Å²) in [7, 11) is 4.23. The van der Waals surface area contributed by atoms with Gasteiger partial charge in [0, 0.05) is 27.1 Å². The first-order valence-electron chi connectivity index (χ1n) is 8.74. The lowest BCUT2D eigenvalue weighted by atomic mass is 10.0. The highest BCUT2D eigenvalue weighted by atomic mass is 32.1. The van der Waals surface area contributed by atoms with Crippen LogP contribution >= 0.6 is 11.3 Å². The fourth-order valence-corrected chi connectivity index (χ4v) is 3.77. The maximum Gasteiger partial charge on any atom is 0.414 e. The van der Waals surface area contributed by atoms with Crippen molar-refractivity contribution in [3.05, 3.63) is 65.6 Å². The van der Waals surface area contributed by atoms with Gasteiger partial charge in [-0.3, -0.25) is 0 Å². The van der Waals surface area contributed by atoms with E-state index in [-0.39, 0.29) is 0 Å². The van der Waals surface area contributed by atoms with E-state index in [0.29, 0.717) is 0 Å². The van der Waals surface area contributed by atoms with E-state index >= 15 is 0 Å². The van der Waals surface area contributed by atoms with Gasteiger partial charge in [-0.1, -0.05) is 54.6 Å². The summed E-state index contributed by atoms with van der Waals surface area (Å²) in [5.41, 5.74) is 2.66. The van der Waals surface area contributed by atoms with E-state index < -0.39 is 11.9 Å². The smallest absolute Gasteiger partial charge is 0.414 e. The third-order valence-corrected chi connectivity index (χ3v) is 5.02. The normalized spacial score (nSPS) is 10.8. The Hall–Kier alpha value is -2.96. The first kappa shape index (κ1) is 21.3. The fourth-order valence-electron chi connectivity index (χ4n) is 2.61. The summed E-state index contributed by atoms with van der Waals surface area (Å²) in [6.07, 6.45) is 5.66. The molecule has 0 aliphatic rings. The van der Waals surface area contributed by atoms with Gasteiger partial charge in [0.1, 0.15) is 0 Å². The molecule has 1 heterocycles. The fraction of sp³-hybridized carbons (Fsp3) is 0.182. The molecule has 0 spiro atoms. The molecule has 146 valence electrons. The molecule has 0 unspecified atom stereocenters. The van der Waals surface area contributed by atoms with Crippen LogP contribution in [-0.4, -0.2) is 47.7 Å². The zero-order chi connectivity index (χ0) is 20.5. The molecule has 5 nitrogen and oxygen atoms in total. The minimum absolute atomic E-state index is 1.08. The van der Waals surface area contributed by atoms with E-state index in [1.54, 1.807) is 0 Å². The standard InChI is InChI=1S/C20H21NS.C2H2O4/c1-21(2)15-9-8-14-19-20(16-10-4-3-5-11-16)17-12-6-7-13-18(17)22-19;3-1(4)2(5)6/h3-8,10-14H,9,15H2,1-2H3;(H,3,4)(H,5,6). The molecular formula is C22H23NO4S. The van der Waals surface area contributed by atoms with Crippen molar-refractivity contribution >= 4 is 39.4 Å². The zero-order valence-electron chi connectivity index (χ0n) is 15.8. The van der Waals surface area contributed by atoms with Crippen LogP contribution in [0.25, 0.3) is 27.3 Å². The van der Waals surface area contributed by atoms with E-state index in [4.69, 9.17) is 19.8 Å². The molecule has 2 aromatic carbocycles. The van der Waals surface area contributed by atoms with Crippen LogP contribution in [0.3, 0.4) is 0 Å². The highest BCUT2D eigenvalue weighted by Crippen LogP contribution is 2.39. The Balaban J connectivity index is 0.000000409. The number of hydrogen-bond acceptors (Lipinski definition) is 4. The summed E-state index contributed by atoms with van der Waals surface area (Å²) in [6.45, 7) is 1.09. The van der Waals surface area contributed by atoms with Crippen molar-refractivity contribution in [1.82, 2.24) is 4.90 Å². The van der Waals surface area contributed by atoms with Gasteiger partial charge in [-0.05, 0) is 38.2 Å². The minimum atomic E-state index is -1.82. The Kier molecular flexibility index (Phi) is 7.92. The summed E-state index contributed by atoms with van der Waals surface area (Å²) in [6, 6.07) is 19.4. The Morgan fingerprint density at radius 2 is 1.57 bits per heavy atom. The van der Waals surface area contributed by atoms with Gasteiger partial charge >= 0.3 is 11.9 Å². The van der Waals surface area contributed by atoms with E-state index in [1.165, 1.54) is 26.1 Å². The number of hydrogen-bond donors (Lipinski definition) is 2. The van der Waals surface area contributed by atoms with Gasteiger partial charge in [0.05, 0.1) is 0 Å². The predicted molar refractivity (Wildman–Crippen MR) is 115 cm³/mol. The Labute approximate surface area is 168 Å². The van der Waals surface area contributed by atoms with Crippen LogP contribution in [0.4, 0.5) is 0 Å². The van der Waals surface area contributed by atoms with Crippen LogP contribution in [0.15, 0.2) is 60.7 Å². The number of rotatable bonds is 5. The molecule has 3 aromatic rings. The summed E-state index contributed by atoms with van der Waals surface area (Å²) in [5.74, 6) is -3.65. The molecule has 0 saturated carbocycles. The van der Waals surface area contributed by atoms with Gasteiger partial charge in [0.25, 0.3) is 0 Å². The summed E-state index contributed by atoms with van der Waals surface area (Å²) in [4.78, 5) is 21.8.